The molecule has 2 amide bonds. The van der Waals surface area contributed by atoms with E-state index in [1.807, 2.05) is 11.8 Å². The molecule has 15 heavy (non-hydrogen) atoms. The second-order valence-electron chi connectivity index (χ2n) is 4.48. The first-order valence-corrected chi connectivity index (χ1v) is 7.01. The number of hydrogen-bond donors (Lipinski definition) is 2. The van der Waals surface area contributed by atoms with Crippen LogP contribution in [0.5, 0.6) is 0 Å². The Bertz CT molecular complexity index is 231. The van der Waals surface area contributed by atoms with Crippen molar-refractivity contribution in [1.82, 2.24) is 10.6 Å². The lowest BCUT2D eigenvalue weighted by Gasteiger charge is -2.13. The van der Waals surface area contributed by atoms with Gasteiger partial charge in [-0.1, -0.05) is 6.92 Å². The minimum Gasteiger partial charge on any atom is -0.335 e. The van der Waals surface area contributed by atoms with E-state index in [1.165, 1.54) is 12.2 Å². The van der Waals surface area contributed by atoms with Gasteiger partial charge in [-0.3, -0.25) is 0 Å². The van der Waals surface area contributed by atoms with E-state index < -0.39 is 0 Å². The predicted molar refractivity (Wildman–Crippen MR) is 64.2 cm³/mol. The largest absolute Gasteiger partial charge is 0.335 e. The van der Waals surface area contributed by atoms with E-state index in [9.17, 15) is 4.79 Å². The summed E-state index contributed by atoms with van der Waals surface area (Å²) >= 11 is 2.02. The first-order chi connectivity index (χ1) is 7.28. The van der Waals surface area contributed by atoms with E-state index in [1.54, 1.807) is 0 Å². The van der Waals surface area contributed by atoms with E-state index in [4.69, 9.17) is 0 Å². The minimum atomic E-state index is 0.0460. The molecular formula is C11H20N2OS. The number of hydrogen-bond acceptors (Lipinski definition) is 2. The molecule has 0 aliphatic heterocycles. The van der Waals surface area contributed by atoms with Crippen LogP contribution in [-0.2, 0) is 0 Å². The summed E-state index contributed by atoms with van der Waals surface area (Å²) in [5, 5.41) is 6.81. The average molecular weight is 228 g/mol. The zero-order chi connectivity index (χ0) is 10.7. The molecule has 0 bridgehead atoms. The van der Waals surface area contributed by atoms with Gasteiger partial charge in [-0.05, 0) is 37.9 Å². The lowest BCUT2D eigenvalue weighted by molar-refractivity contribution is 0.236. The Labute approximate surface area is 95.8 Å². The fraction of sp³-hybridized carbons (Fsp3) is 0.909. The van der Waals surface area contributed by atoms with E-state index in [0.29, 0.717) is 12.1 Å². The van der Waals surface area contributed by atoms with Crippen molar-refractivity contribution in [3.63, 3.8) is 0 Å². The van der Waals surface area contributed by atoms with Crippen LogP contribution in [0.1, 0.15) is 39.0 Å². The Morgan fingerprint density at radius 1 is 1.20 bits per heavy atom. The van der Waals surface area contributed by atoms with Crippen molar-refractivity contribution in [2.24, 2.45) is 0 Å². The molecule has 0 aromatic rings. The molecule has 0 aromatic carbocycles. The summed E-state index contributed by atoms with van der Waals surface area (Å²) in [5.41, 5.74) is 0. The molecule has 2 saturated carbocycles. The van der Waals surface area contributed by atoms with Crippen LogP contribution in [0.15, 0.2) is 0 Å². The fourth-order valence-corrected chi connectivity index (χ4v) is 3.24. The van der Waals surface area contributed by atoms with Crippen molar-refractivity contribution in [3.05, 3.63) is 0 Å². The summed E-state index contributed by atoms with van der Waals surface area (Å²) < 4.78 is 0. The third-order valence-electron chi connectivity index (χ3n) is 3.03. The molecule has 4 heteroatoms. The molecule has 2 rings (SSSR count). The molecule has 2 aliphatic rings. The van der Waals surface area contributed by atoms with Crippen LogP contribution in [0.2, 0.25) is 0 Å². The van der Waals surface area contributed by atoms with Crippen molar-refractivity contribution in [3.8, 4) is 0 Å². The van der Waals surface area contributed by atoms with Crippen molar-refractivity contribution < 1.29 is 4.79 Å². The van der Waals surface area contributed by atoms with Crippen molar-refractivity contribution >= 4 is 17.8 Å². The minimum absolute atomic E-state index is 0.0460. The molecule has 0 radical (unpaired) electrons. The average Bonchev–Trinajstić information content (AvgIpc) is 2.88. The highest BCUT2D eigenvalue weighted by Gasteiger charge is 2.28. The highest BCUT2D eigenvalue weighted by atomic mass is 32.2. The van der Waals surface area contributed by atoms with E-state index in [-0.39, 0.29) is 6.03 Å². The molecule has 86 valence electrons. The Hall–Kier alpha value is -0.380. The molecule has 2 atom stereocenters. The quantitative estimate of drug-likeness (QED) is 0.774. The van der Waals surface area contributed by atoms with Crippen LogP contribution in [-0.4, -0.2) is 29.1 Å². The SMILES string of the molecule is CCSC1CCC(NC(=O)NC2CC2)C1. The maximum atomic E-state index is 11.5. The molecule has 0 aromatic heterocycles. The summed E-state index contributed by atoms with van der Waals surface area (Å²) in [6.45, 7) is 2.20. The van der Waals surface area contributed by atoms with Gasteiger partial charge in [0.2, 0.25) is 0 Å². The second-order valence-corrected chi connectivity index (χ2v) is 6.06. The zero-order valence-electron chi connectivity index (χ0n) is 9.29. The molecule has 0 saturated heterocycles. The van der Waals surface area contributed by atoms with Crippen LogP contribution >= 0.6 is 11.8 Å². The van der Waals surface area contributed by atoms with E-state index in [0.717, 1.165) is 30.9 Å². The third kappa shape index (κ3) is 3.59. The fourth-order valence-electron chi connectivity index (χ4n) is 2.10. The molecule has 2 aliphatic carbocycles. The number of thioether (sulfide) groups is 1. The Balaban J connectivity index is 1.64. The van der Waals surface area contributed by atoms with Crippen molar-refractivity contribution in [1.29, 1.82) is 0 Å². The van der Waals surface area contributed by atoms with E-state index in [2.05, 4.69) is 17.6 Å². The molecule has 2 N–H and O–H groups in total. The number of nitrogens with one attached hydrogen (secondary N) is 2. The van der Waals surface area contributed by atoms with Gasteiger partial charge >= 0.3 is 6.03 Å². The summed E-state index contributed by atoms with van der Waals surface area (Å²) in [5.74, 6) is 1.19. The Morgan fingerprint density at radius 2 is 1.87 bits per heavy atom. The van der Waals surface area contributed by atoms with Gasteiger partial charge in [0.1, 0.15) is 0 Å². The Kier molecular flexibility index (Phi) is 3.78. The maximum absolute atomic E-state index is 11.5. The summed E-state index contributed by atoms with van der Waals surface area (Å²) in [6, 6.07) is 0.921. The highest BCUT2D eigenvalue weighted by Crippen LogP contribution is 2.29. The number of rotatable bonds is 4. The van der Waals surface area contributed by atoms with Gasteiger partial charge in [0, 0.05) is 17.3 Å². The number of amides is 2. The van der Waals surface area contributed by atoms with Crippen molar-refractivity contribution in [2.45, 2.75) is 56.4 Å². The van der Waals surface area contributed by atoms with Crippen LogP contribution in [0.3, 0.4) is 0 Å². The number of urea groups is 1. The lowest BCUT2D eigenvalue weighted by Crippen LogP contribution is -2.42. The maximum Gasteiger partial charge on any atom is 0.315 e. The number of carbonyl (C=O) groups is 1. The molecule has 3 nitrogen and oxygen atoms in total. The number of carbonyl (C=O) groups excluding carboxylic acids is 1. The monoisotopic (exact) mass is 228 g/mol. The topological polar surface area (TPSA) is 41.1 Å². The first-order valence-electron chi connectivity index (χ1n) is 5.96. The van der Waals surface area contributed by atoms with Crippen LogP contribution in [0.4, 0.5) is 4.79 Å². The standard InChI is InChI=1S/C11H20N2OS/c1-2-15-10-6-5-9(7-10)13-11(14)12-8-3-4-8/h8-10H,2-7H2,1H3,(H2,12,13,14). The van der Waals surface area contributed by atoms with Crippen LogP contribution in [0, 0.1) is 0 Å². The normalized spacial score (nSPS) is 30.2. The molecule has 2 unspecified atom stereocenters. The summed E-state index contributed by atoms with van der Waals surface area (Å²) in [7, 11) is 0. The zero-order valence-corrected chi connectivity index (χ0v) is 10.1. The molecule has 0 spiro atoms. The smallest absolute Gasteiger partial charge is 0.315 e. The van der Waals surface area contributed by atoms with Gasteiger partial charge in [0.05, 0.1) is 0 Å². The van der Waals surface area contributed by atoms with Gasteiger partial charge in [0.15, 0.2) is 0 Å². The lowest BCUT2D eigenvalue weighted by atomic mass is 10.2. The van der Waals surface area contributed by atoms with Crippen LogP contribution in [0.25, 0.3) is 0 Å². The van der Waals surface area contributed by atoms with Gasteiger partial charge < -0.3 is 10.6 Å². The van der Waals surface area contributed by atoms with Crippen molar-refractivity contribution in [2.75, 3.05) is 5.75 Å². The van der Waals surface area contributed by atoms with Gasteiger partial charge in [-0.15, -0.1) is 0 Å². The Morgan fingerprint density at radius 3 is 2.53 bits per heavy atom. The summed E-state index contributed by atoms with van der Waals surface area (Å²) in [4.78, 5) is 11.5. The second kappa shape index (κ2) is 5.10. The third-order valence-corrected chi connectivity index (χ3v) is 4.27. The first kappa shape index (κ1) is 11.1. The highest BCUT2D eigenvalue weighted by molar-refractivity contribution is 7.99. The van der Waals surface area contributed by atoms with Gasteiger partial charge in [-0.2, -0.15) is 11.8 Å². The van der Waals surface area contributed by atoms with Gasteiger partial charge in [0.25, 0.3) is 0 Å². The van der Waals surface area contributed by atoms with E-state index >= 15 is 0 Å². The molecule has 2 fully saturated rings. The van der Waals surface area contributed by atoms with Gasteiger partial charge in [-0.25, -0.2) is 4.79 Å². The summed E-state index contributed by atoms with van der Waals surface area (Å²) in [6.07, 6.45) is 5.87. The predicted octanol–water partition coefficient (Wildman–Crippen LogP) is 2.12. The molecular weight excluding hydrogens is 208 g/mol. The van der Waals surface area contributed by atoms with Crippen LogP contribution < -0.4 is 10.6 Å². The molecule has 0 heterocycles.